The summed E-state index contributed by atoms with van der Waals surface area (Å²) in [5, 5.41) is 0.830. The summed E-state index contributed by atoms with van der Waals surface area (Å²) in [5.41, 5.74) is 1.39. The summed E-state index contributed by atoms with van der Waals surface area (Å²) in [4.78, 5) is 28.3. The first kappa shape index (κ1) is 15.4. The Hall–Kier alpha value is -1.98. The fraction of sp³-hybridized carbons (Fsp3) is 0.375. The van der Waals surface area contributed by atoms with E-state index in [1.54, 1.807) is 10.8 Å². The topological polar surface area (TPSA) is 45.6 Å². The van der Waals surface area contributed by atoms with E-state index in [1.807, 2.05) is 62.3 Å². The van der Waals surface area contributed by atoms with Crippen molar-refractivity contribution < 1.29 is 9.59 Å². The van der Waals surface area contributed by atoms with Gasteiger partial charge in [0.1, 0.15) is 0 Å². The lowest BCUT2D eigenvalue weighted by atomic mass is 10.1. The highest BCUT2D eigenvalue weighted by Crippen LogP contribution is 2.22. The van der Waals surface area contributed by atoms with Crippen molar-refractivity contribution in [1.82, 2.24) is 14.4 Å². The zero-order chi connectivity index (χ0) is 15.6. The molecule has 0 unspecified atom stereocenters. The molecule has 1 heterocycles. The van der Waals surface area contributed by atoms with E-state index >= 15 is 0 Å². The molecule has 112 valence electrons. The van der Waals surface area contributed by atoms with Crippen molar-refractivity contribution in [3.05, 3.63) is 36.0 Å². The van der Waals surface area contributed by atoms with Gasteiger partial charge in [0.25, 0.3) is 0 Å². The minimum Gasteiger partial charge on any atom is -0.302 e. The lowest BCUT2D eigenvalue weighted by Crippen LogP contribution is -2.26. The normalized spacial score (nSPS) is 11.5. The summed E-state index contributed by atoms with van der Waals surface area (Å²) < 4.78 is 1.58. The molecule has 0 fully saturated rings. The van der Waals surface area contributed by atoms with Crippen LogP contribution in [0.1, 0.15) is 15.2 Å². The maximum Gasteiger partial charge on any atom is 0.245 e. The standard InChI is InChI=1S/C16H21N3O2/c1-17(2)10-15(20)13-9-19(16(21)11-18(3)4)14-8-6-5-7-12(13)14/h5-9H,10-11H2,1-4H3. The Morgan fingerprint density at radius 1 is 1.00 bits per heavy atom. The van der Waals surface area contributed by atoms with E-state index < -0.39 is 0 Å². The van der Waals surface area contributed by atoms with Gasteiger partial charge in [0.05, 0.1) is 18.6 Å². The second-order valence-electron chi connectivity index (χ2n) is 5.72. The fourth-order valence-electron chi connectivity index (χ4n) is 2.33. The smallest absolute Gasteiger partial charge is 0.245 e. The highest BCUT2D eigenvalue weighted by atomic mass is 16.2. The molecule has 0 aliphatic heterocycles. The van der Waals surface area contributed by atoms with E-state index in [-0.39, 0.29) is 11.7 Å². The number of benzene rings is 1. The Labute approximate surface area is 124 Å². The van der Waals surface area contributed by atoms with Gasteiger partial charge in [-0.1, -0.05) is 18.2 Å². The van der Waals surface area contributed by atoms with E-state index in [0.29, 0.717) is 18.7 Å². The molecule has 0 amide bonds. The van der Waals surface area contributed by atoms with Gasteiger partial charge >= 0.3 is 0 Å². The van der Waals surface area contributed by atoms with Crippen LogP contribution >= 0.6 is 0 Å². The number of fused-ring (bicyclic) bond motifs is 1. The Morgan fingerprint density at radius 3 is 2.24 bits per heavy atom. The molecule has 2 rings (SSSR count). The van der Waals surface area contributed by atoms with E-state index in [4.69, 9.17) is 0 Å². The van der Waals surface area contributed by atoms with Crippen LogP contribution in [0.25, 0.3) is 10.9 Å². The lowest BCUT2D eigenvalue weighted by Gasteiger charge is -2.09. The maximum atomic E-state index is 12.4. The van der Waals surface area contributed by atoms with E-state index in [1.165, 1.54) is 0 Å². The number of carbonyl (C=O) groups is 2. The molecular weight excluding hydrogens is 266 g/mol. The first-order chi connectivity index (χ1) is 9.90. The Bertz CT molecular complexity index is 615. The molecule has 5 nitrogen and oxygen atoms in total. The van der Waals surface area contributed by atoms with Gasteiger partial charge < -0.3 is 9.80 Å². The zero-order valence-corrected chi connectivity index (χ0v) is 13.0. The number of likely N-dealkylation sites (N-methyl/N-ethyl adjacent to an activating group) is 2. The first-order valence-electron chi connectivity index (χ1n) is 6.86. The summed E-state index contributed by atoms with van der Waals surface area (Å²) in [5.74, 6) is -0.0206. The van der Waals surface area contributed by atoms with Gasteiger partial charge in [-0.05, 0) is 34.3 Å². The van der Waals surface area contributed by atoms with Crippen molar-refractivity contribution in [3.63, 3.8) is 0 Å². The summed E-state index contributed by atoms with van der Waals surface area (Å²) in [6.07, 6.45) is 1.67. The van der Waals surface area contributed by atoms with E-state index in [9.17, 15) is 9.59 Å². The number of hydrogen-bond acceptors (Lipinski definition) is 4. The molecule has 1 aromatic carbocycles. The van der Waals surface area contributed by atoms with Crippen LogP contribution in [0, 0.1) is 0 Å². The second kappa shape index (κ2) is 6.20. The van der Waals surface area contributed by atoms with Crippen LogP contribution in [0.4, 0.5) is 0 Å². The third-order valence-corrected chi connectivity index (χ3v) is 3.19. The summed E-state index contributed by atoms with van der Waals surface area (Å²) in [6, 6.07) is 7.52. The fourth-order valence-corrected chi connectivity index (χ4v) is 2.33. The Morgan fingerprint density at radius 2 is 1.62 bits per heavy atom. The molecule has 0 saturated carbocycles. The van der Waals surface area contributed by atoms with Crippen molar-refractivity contribution in [1.29, 1.82) is 0 Å². The predicted octanol–water partition coefficient (Wildman–Crippen LogP) is 1.59. The van der Waals surface area contributed by atoms with Crippen LogP contribution in [0.2, 0.25) is 0 Å². The van der Waals surface area contributed by atoms with Gasteiger partial charge in [-0.3, -0.25) is 14.2 Å². The van der Waals surface area contributed by atoms with Crippen LogP contribution in [0.15, 0.2) is 30.5 Å². The largest absolute Gasteiger partial charge is 0.302 e. The molecule has 0 N–H and O–H groups in total. The molecule has 0 saturated heterocycles. The molecule has 0 bridgehead atoms. The van der Waals surface area contributed by atoms with Crippen LogP contribution < -0.4 is 0 Å². The van der Waals surface area contributed by atoms with Crippen LogP contribution in [0.5, 0.6) is 0 Å². The van der Waals surface area contributed by atoms with Gasteiger partial charge in [0.2, 0.25) is 5.91 Å². The second-order valence-corrected chi connectivity index (χ2v) is 5.72. The quantitative estimate of drug-likeness (QED) is 0.783. The monoisotopic (exact) mass is 287 g/mol. The number of aromatic nitrogens is 1. The number of para-hydroxylation sites is 1. The maximum absolute atomic E-state index is 12.4. The average molecular weight is 287 g/mol. The number of rotatable bonds is 5. The molecule has 0 spiro atoms. The summed E-state index contributed by atoms with van der Waals surface area (Å²) in [6.45, 7) is 0.635. The Kier molecular flexibility index (Phi) is 4.55. The molecule has 2 aromatic rings. The van der Waals surface area contributed by atoms with Crippen molar-refractivity contribution in [2.75, 3.05) is 41.3 Å². The van der Waals surface area contributed by atoms with Gasteiger partial charge in [0, 0.05) is 17.1 Å². The molecular formula is C16H21N3O2. The Balaban J connectivity index is 2.48. The molecule has 1 aromatic heterocycles. The van der Waals surface area contributed by atoms with Crippen molar-refractivity contribution in [2.45, 2.75) is 0 Å². The molecule has 21 heavy (non-hydrogen) atoms. The summed E-state index contributed by atoms with van der Waals surface area (Å²) >= 11 is 0. The van der Waals surface area contributed by atoms with E-state index in [2.05, 4.69) is 0 Å². The van der Waals surface area contributed by atoms with Gasteiger partial charge in [0.15, 0.2) is 5.78 Å². The third-order valence-electron chi connectivity index (χ3n) is 3.19. The van der Waals surface area contributed by atoms with Gasteiger partial charge in [-0.25, -0.2) is 0 Å². The number of carbonyl (C=O) groups excluding carboxylic acids is 2. The molecule has 5 heteroatoms. The summed E-state index contributed by atoms with van der Waals surface area (Å²) in [7, 11) is 7.41. The first-order valence-corrected chi connectivity index (χ1v) is 6.86. The highest BCUT2D eigenvalue weighted by molar-refractivity contribution is 6.11. The molecule has 0 atom stereocenters. The highest BCUT2D eigenvalue weighted by Gasteiger charge is 2.18. The lowest BCUT2D eigenvalue weighted by molar-refractivity contribution is 0.0882. The minimum atomic E-state index is -0.0416. The van der Waals surface area contributed by atoms with Crippen LogP contribution in [-0.2, 0) is 0 Å². The number of ketones is 1. The number of nitrogens with zero attached hydrogens (tertiary/aromatic N) is 3. The van der Waals surface area contributed by atoms with Crippen LogP contribution in [-0.4, -0.2) is 67.3 Å². The van der Waals surface area contributed by atoms with Crippen molar-refractivity contribution in [3.8, 4) is 0 Å². The zero-order valence-electron chi connectivity index (χ0n) is 13.0. The van der Waals surface area contributed by atoms with Crippen molar-refractivity contribution >= 4 is 22.6 Å². The number of hydrogen-bond donors (Lipinski definition) is 0. The predicted molar refractivity (Wildman–Crippen MR) is 84.0 cm³/mol. The van der Waals surface area contributed by atoms with Crippen LogP contribution in [0.3, 0.4) is 0 Å². The minimum absolute atomic E-state index is 0.0209. The van der Waals surface area contributed by atoms with E-state index in [0.717, 1.165) is 10.9 Å². The molecule has 0 aliphatic rings. The van der Waals surface area contributed by atoms with Crippen molar-refractivity contribution in [2.24, 2.45) is 0 Å². The SMILES string of the molecule is CN(C)CC(=O)c1cn(C(=O)CN(C)C)c2ccccc12. The van der Waals surface area contributed by atoms with Gasteiger partial charge in [-0.2, -0.15) is 0 Å². The molecule has 0 radical (unpaired) electrons. The third kappa shape index (κ3) is 3.37. The number of Topliss-reactive ketones (excluding diaryl/α,β-unsaturated/α-hetero) is 1. The average Bonchev–Trinajstić information content (AvgIpc) is 2.76. The van der Waals surface area contributed by atoms with Gasteiger partial charge in [-0.15, -0.1) is 0 Å². The molecule has 0 aliphatic carbocycles.